The third-order valence-electron chi connectivity index (χ3n) is 2.55. The molecular weight excluding hydrogens is 308 g/mol. The molecule has 0 radical (unpaired) electrons. The van der Waals surface area contributed by atoms with Gasteiger partial charge in [0, 0.05) is 18.1 Å². The predicted octanol–water partition coefficient (Wildman–Crippen LogP) is 3.12. The number of nitrogens with one attached hydrogen (secondary N) is 1. The number of carbonyl (C=O) groups is 1. The molecule has 0 aliphatic carbocycles. The van der Waals surface area contributed by atoms with Crippen molar-refractivity contribution in [1.29, 1.82) is 5.26 Å². The molecule has 5 nitrogen and oxygen atoms in total. The first kappa shape index (κ1) is 15.3. The van der Waals surface area contributed by atoms with E-state index >= 15 is 0 Å². The second-order valence-electron chi connectivity index (χ2n) is 4.09. The van der Waals surface area contributed by atoms with E-state index in [0.29, 0.717) is 21.4 Å². The Bertz CT molecular complexity index is 687. The number of hydrogen-bond donors (Lipinski definition) is 1. The Kier molecular flexibility index (Phi) is 5.14. The van der Waals surface area contributed by atoms with E-state index < -0.39 is 0 Å². The van der Waals surface area contributed by atoms with Gasteiger partial charge in [0.1, 0.15) is 6.07 Å². The molecule has 21 heavy (non-hydrogen) atoms. The van der Waals surface area contributed by atoms with Gasteiger partial charge in [0.15, 0.2) is 5.16 Å². The van der Waals surface area contributed by atoms with Gasteiger partial charge >= 0.3 is 0 Å². The average Bonchev–Trinajstić information content (AvgIpc) is 2.48. The lowest BCUT2D eigenvalue weighted by atomic mass is 10.2. The summed E-state index contributed by atoms with van der Waals surface area (Å²) in [5, 5.41) is 12.0. The molecule has 7 heteroatoms. The summed E-state index contributed by atoms with van der Waals surface area (Å²) in [6.45, 7) is 1.77. The highest BCUT2D eigenvalue weighted by Crippen LogP contribution is 2.23. The first-order valence-electron chi connectivity index (χ1n) is 6.04. The maximum atomic E-state index is 12.1. The van der Waals surface area contributed by atoms with Gasteiger partial charge in [-0.15, -0.1) is 0 Å². The minimum absolute atomic E-state index is 0.187. The number of halogens is 1. The minimum Gasteiger partial charge on any atom is -0.325 e. The van der Waals surface area contributed by atoms with Crippen molar-refractivity contribution in [3.8, 4) is 6.07 Å². The van der Waals surface area contributed by atoms with Crippen molar-refractivity contribution in [3.05, 3.63) is 47.2 Å². The van der Waals surface area contributed by atoms with Gasteiger partial charge in [0.05, 0.1) is 15.8 Å². The molecule has 0 spiro atoms. The van der Waals surface area contributed by atoms with Crippen LogP contribution in [0.5, 0.6) is 0 Å². The highest BCUT2D eigenvalue weighted by Gasteiger charge is 2.16. The normalized spacial score (nSPS) is 11.5. The van der Waals surface area contributed by atoms with E-state index in [1.54, 1.807) is 43.6 Å². The number of amides is 1. The monoisotopic (exact) mass is 318 g/mol. The summed E-state index contributed by atoms with van der Waals surface area (Å²) in [6, 6.07) is 8.43. The largest absolute Gasteiger partial charge is 0.325 e. The molecular formula is C14H11ClN4OS. The summed E-state index contributed by atoms with van der Waals surface area (Å²) >= 11 is 7.19. The molecule has 2 rings (SSSR count). The maximum Gasteiger partial charge on any atom is 0.237 e. The topological polar surface area (TPSA) is 78.7 Å². The zero-order valence-corrected chi connectivity index (χ0v) is 12.6. The van der Waals surface area contributed by atoms with Crippen LogP contribution < -0.4 is 5.32 Å². The van der Waals surface area contributed by atoms with Crippen LogP contribution in [0.2, 0.25) is 5.02 Å². The molecule has 0 fully saturated rings. The molecule has 0 saturated heterocycles. The van der Waals surface area contributed by atoms with Crippen LogP contribution in [0, 0.1) is 11.3 Å². The number of rotatable bonds is 4. The Hall–Kier alpha value is -2.10. The van der Waals surface area contributed by atoms with E-state index in [1.165, 1.54) is 11.8 Å². The number of hydrogen-bond acceptors (Lipinski definition) is 5. The molecule has 0 saturated carbocycles. The maximum absolute atomic E-state index is 12.1. The van der Waals surface area contributed by atoms with Crippen molar-refractivity contribution in [2.45, 2.75) is 17.3 Å². The number of nitriles is 1. The molecule has 0 aliphatic heterocycles. The third kappa shape index (κ3) is 4.18. The lowest BCUT2D eigenvalue weighted by Crippen LogP contribution is -2.22. The Morgan fingerprint density at radius 3 is 2.76 bits per heavy atom. The summed E-state index contributed by atoms with van der Waals surface area (Å²) in [5.41, 5.74) is 0.917. The first-order chi connectivity index (χ1) is 10.1. The molecule has 106 valence electrons. The Balaban J connectivity index is 2.01. The summed E-state index contributed by atoms with van der Waals surface area (Å²) in [5.74, 6) is -0.187. The Morgan fingerprint density at radius 2 is 2.14 bits per heavy atom. The van der Waals surface area contributed by atoms with Gasteiger partial charge in [-0.05, 0) is 31.2 Å². The summed E-state index contributed by atoms with van der Waals surface area (Å²) in [4.78, 5) is 20.2. The average molecular weight is 319 g/mol. The van der Waals surface area contributed by atoms with Crippen LogP contribution in [-0.2, 0) is 4.79 Å². The molecule has 1 aromatic carbocycles. The Morgan fingerprint density at radius 1 is 1.43 bits per heavy atom. The van der Waals surface area contributed by atoms with Gasteiger partial charge in [-0.2, -0.15) is 5.26 Å². The van der Waals surface area contributed by atoms with Crippen molar-refractivity contribution in [1.82, 2.24) is 9.97 Å². The van der Waals surface area contributed by atoms with E-state index in [4.69, 9.17) is 16.9 Å². The highest BCUT2D eigenvalue weighted by molar-refractivity contribution is 8.00. The molecule has 1 aromatic heterocycles. The quantitative estimate of drug-likeness (QED) is 0.692. The van der Waals surface area contributed by atoms with Gasteiger partial charge in [0.2, 0.25) is 5.91 Å². The van der Waals surface area contributed by atoms with Crippen molar-refractivity contribution in [2.75, 3.05) is 5.32 Å². The lowest BCUT2D eigenvalue weighted by Gasteiger charge is -2.11. The second kappa shape index (κ2) is 7.07. The van der Waals surface area contributed by atoms with Gasteiger partial charge in [-0.3, -0.25) is 4.79 Å². The van der Waals surface area contributed by atoms with E-state index in [2.05, 4.69) is 15.3 Å². The van der Waals surface area contributed by atoms with E-state index in [9.17, 15) is 4.79 Å². The molecule has 1 atom stereocenters. The highest BCUT2D eigenvalue weighted by atomic mass is 35.5. The second-order valence-corrected chi connectivity index (χ2v) is 5.80. The van der Waals surface area contributed by atoms with E-state index in [1.807, 2.05) is 6.07 Å². The molecule has 1 heterocycles. The van der Waals surface area contributed by atoms with Crippen molar-refractivity contribution < 1.29 is 4.79 Å². The molecule has 1 amide bonds. The van der Waals surface area contributed by atoms with Crippen LogP contribution >= 0.6 is 23.4 Å². The summed E-state index contributed by atoms with van der Waals surface area (Å²) in [6.07, 6.45) is 3.25. The van der Waals surface area contributed by atoms with Crippen LogP contribution in [0.3, 0.4) is 0 Å². The minimum atomic E-state index is -0.359. The van der Waals surface area contributed by atoms with Crippen LogP contribution in [0.4, 0.5) is 5.69 Å². The van der Waals surface area contributed by atoms with Crippen molar-refractivity contribution in [3.63, 3.8) is 0 Å². The SMILES string of the molecule is C[C@H](Sc1ncccn1)C(=O)Nc1ccc(C#N)c(Cl)c1. The van der Waals surface area contributed by atoms with Gasteiger partial charge < -0.3 is 5.32 Å². The van der Waals surface area contributed by atoms with Gasteiger partial charge in [-0.25, -0.2) is 9.97 Å². The molecule has 2 aromatic rings. The van der Waals surface area contributed by atoms with Crippen LogP contribution in [0.25, 0.3) is 0 Å². The fourth-order valence-electron chi connectivity index (χ4n) is 1.49. The zero-order chi connectivity index (χ0) is 15.2. The predicted molar refractivity (Wildman–Crippen MR) is 82.1 cm³/mol. The van der Waals surface area contributed by atoms with Crippen molar-refractivity contribution >= 4 is 35.0 Å². The fraction of sp³-hybridized carbons (Fsp3) is 0.143. The van der Waals surface area contributed by atoms with Crippen LogP contribution in [0.1, 0.15) is 12.5 Å². The number of nitrogens with zero attached hydrogens (tertiary/aromatic N) is 3. The number of thioether (sulfide) groups is 1. The molecule has 0 aliphatic rings. The smallest absolute Gasteiger partial charge is 0.237 e. The Labute approximate surface area is 131 Å². The van der Waals surface area contributed by atoms with Crippen molar-refractivity contribution in [2.24, 2.45) is 0 Å². The van der Waals surface area contributed by atoms with Gasteiger partial charge in [-0.1, -0.05) is 23.4 Å². The van der Waals surface area contributed by atoms with Crippen LogP contribution in [-0.4, -0.2) is 21.1 Å². The lowest BCUT2D eigenvalue weighted by molar-refractivity contribution is -0.115. The molecule has 0 unspecified atom stereocenters. The first-order valence-corrected chi connectivity index (χ1v) is 7.30. The number of benzene rings is 1. The summed E-state index contributed by atoms with van der Waals surface area (Å²) in [7, 11) is 0. The standard InChI is InChI=1S/C14H11ClN4OS/c1-9(21-14-17-5-2-6-18-14)13(20)19-11-4-3-10(8-16)12(15)7-11/h2-7,9H,1H3,(H,19,20)/t9-/m0/s1. The molecule has 0 bridgehead atoms. The third-order valence-corrected chi connectivity index (χ3v) is 3.85. The van der Waals surface area contributed by atoms with Crippen LogP contribution in [0.15, 0.2) is 41.8 Å². The number of aromatic nitrogens is 2. The fourth-order valence-corrected chi connectivity index (χ4v) is 2.43. The zero-order valence-electron chi connectivity index (χ0n) is 11.1. The number of anilines is 1. The summed E-state index contributed by atoms with van der Waals surface area (Å²) < 4.78 is 0. The van der Waals surface area contributed by atoms with Gasteiger partial charge in [0.25, 0.3) is 0 Å². The van der Waals surface area contributed by atoms with E-state index in [-0.39, 0.29) is 11.2 Å². The number of carbonyl (C=O) groups excluding carboxylic acids is 1. The molecule has 1 N–H and O–H groups in total. The van der Waals surface area contributed by atoms with E-state index in [0.717, 1.165) is 0 Å².